The Morgan fingerprint density at radius 1 is 1.30 bits per heavy atom. The molecule has 0 radical (unpaired) electrons. The Balaban J connectivity index is 2.28. The van der Waals surface area contributed by atoms with Gasteiger partial charge in [0.15, 0.2) is 0 Å². The smallest absolute Gasteiger partial charge is 0.148 e. The lowest BCUT2D eigenvalue weighted by Gasteiger charge is -2.40. The third kappa shape index (κ3) is 2.86. The maximum atomic E-state index is 5.58. The highest BCUT2D eigenvalue weighted by molar-refractivity contribution is 5.58. The van der Waals surface area contributed by atoms with Crippen LogP contribution in [0.1, 0.15) is 32.2 Å². The number of hydrogen-bond acceptors (Lipinski definition) is 6. The highest BCUT2D eigenvalue weighted by atomic mass is 15.3. The van der Waals surface area contributed by atoms with Crippen LogP contribution in [0.2, 0.25) is 0 Å². The van der Waals surface area contributed by atoms with Crippen molar-refractivity contribution in [1.82, 2.24) is 14.9 Å². The SMILES string of the molecule is CCc1nc(NN)c(C)c(N2CCN(CC)C(C)C2)n1. The second kappa shape index (κ2) is 6.37. The molecule has 1 aromatic heterocycles. The van der Waals surface area contributed by atoms with Gasteiger partial charge in [-0.15, -0.1) is 0 Å². The molecule has 0 amide bonds. The van der Waals surface area contributed by atoms with Crippen LogP contribution in [-0.4, -0.2) is 47.1 Å². The van der Waals surface area contributed by atoms with Crippen LogP contribution in [0.4, 0.5) is 11.6 Å². The highest BCUT2D eigenvalue weighted by Crippen LogP contribution is 2.25. The van der Waals surface area contributed by atoms with E-state index in [1.165, 1.54) is 0 Å². The Labute approximate surface area is 121 Å². The summed E-state index contributed by atoms with van der Waals surface area (Å²) in [6.07, 6.45) is 0.812. The molecule has 1 aliphatic heterocycles. The van der Waals surface area contributed by atoms with Crippen molar-refractivity contribution in [2.24, 2.45) is 5.84 Å². The van der Waals surface area contributed by atoms with Crippen molar-refractivity contribution in [2.45, 2.75) is 40.2 Å². The second-order valence-corrected chi connectivity index (χ2v) is 5.36. The number of nitrogens with two attached hydrogens (primary N) is 1. The van der Waals surface area contributed by atoms with Crippen LogP contribution in [-0.2, 0) is 6.42 Å². The molecule has 3 N–H and O–H groups in total. The predicted molar refractivity (Wildman–Crippen MR) is 82.9 cm³/mol. The molecule has 20 heavy (non-hydrogen) atoms. The third-order valence-electron chi connectivity index (χ3n) is 4.09. The number of likely N-dealkylation sites (N-methyl/N-ethyl adjacent to an activating group) is 1. The fraction of sp³-hybridized carbons (Fsp3) is 0.714. The first-order valence-corrected chi connectivity index (χ1v) is 7.43. The number of aryl methyl sites for hydroxylation is 1. The van der Waals surface area contributed by atoms with E-state index in [2.05, 4.69) is 41.0 Å². The number of nitrogens with one attached hydrogen (secondary N) is 1. The van der Waals surface area contributed by atoms with Gasteiger partial charge in [-0.2, -0.15) is 0 Å². The zero-order valence-corrected chi connectivity index (χ0v) is 13.0. The first kappa shape index (κ1) is 15.0. The van der Waals surface area contributed by atoms with Crippen LogP contribution in [0.25, 0.3) is 0 Å². The van der Waals surface area contributed by atoms with Crippen LogP contribution in [0.5, 0.6) is 0 Å². The highest BCUT2D eigenvalue weighted by Gasteiger charge is 2.25. The zero-order chi connectivity index (χ0) is 14.7. The summed E-state index contributed by atoms with van der Waals surface area (Å²) in [5, 5.41) is 0. The average Bonchev–Trinajstić information content (AvgIpc) is 2.47. The molecule has 0 spiro atoms. The van der Waals surface area contributed by atoms with Crippen molar-refractivity contribution in [3.05, 3.63) is 11.4 Å². The van der Waals surface area contributed by atoms with Crippen molar-refractivity contribution < 1.29 is 0 Å². The van der Waals surface area contributed by atoms with E-state index in [0.29, 0.717) is 6.04 Å². The number of piperazine rings is 1. The van der Waals surface area contributed by atoms with Crippen LogP contribution < -0.4 is 16.2 Å². The van der Waals surface area contributed by atoms with Crippen molar-refractivity contribution in [2.75, 3.05) is 36.5 Å². The van der Waals surface area contributed by atoms with E-state index in [1.807, 2.05) is 6.92 Å². The van der Waals surface area contributed by atoms with Gasteiger partial charge in [-0.1, -0.05) is 13.8 Å². The molecule has 1 atom stereocenters. The van der Waals surface area contributed by atoms with E-state index >= 15 is 0 Å². The lowest BCUT2D eigenvalue weighted by Crippen LogP contribution is -2.52. The summed E-state index contributed by atoms with van der Waals surface area (Å²) in [7, 11) is 0. The summed E-state index contributed by atoms with van der Waals surface area (Å²) in [4.78, 5) is 14.0. The molecule has 2 rings (SSSR count). The van der Waals surface area contributed by atoms with Gasteiger partial charge in [0.25, 0.3) is 0 Å². The first-order valence-electron chi connectivity index (χ1n) is 7.43. The summed E-state index contributed by atoms with van der Waals surface area (Å²) in [6, 6.07) is 0.544. The number of aromatic nitrogens is 2. The number of hydrazine groups is 1. The van der Waals surface area contributed by atoms with Gasteiger partial charge >= 0.3 is 0 Å². The van der Waals surface area contributed by atoms with E-state index in [4.69, 9.17) is 10.8 Å². The maximum absolute atomic E-state index is 5.58. The summed E-state index contributed by atoms with van der Waals surface area (Å²) in [6.45, 7) is 12.8. The van der Waals surface area contributed by atoms with E-state index < -0.39 is 0 Å². The Morgan fingerprint density at radius 2 is 2.05 bits per heavy atom. The van der Waals surface area contributed by atoms with E-state index in [9.17, 15) is 0 Å². The fourth-order valence-electron chi connectivity index (χ4n) is 2.81. The fourth-order valence-corrected chi connectivity index (χ4v) is 2.81. The summed E-state index contributed by atoms with van der Waals surface area (Å²) >= 11 is 0. The molecule has 0 aliphatic carbocycles. The largest absolute Gasteiger partial charge is 0.353 e. The Hall–Kier alpha value is -1.40. The minimum Gasteiger partial charge on any atom is -0.353 e. The molecule has 6 heteroatoms. The maximum Gasteiger partial charge on any atom is 0.148 e. The summed E-state index contributed by atoms with van der Waals surface area (Å²) in [5.41, 5.74) is 3.72. The molecule has 1 unspecified atom stereocenters. The standard InChI is InChI=1S/C14H26N6/c1-5-12-16-13(18-15)11(4)14(17-12)20-8-7-19(6-2)10(3)9-20/h10H,5-9,15H2,1-4H3,(H,16,17,18). The van der Waals surface area contributed by atoms with Crippen molar-refractivity contribution in [3.8, 4) is 0 Å². The molecule has 1 fully saturated rings. The molecule has 112 valence electrons. The number of nitrogen functional groups attached to an aromatic ring is 1. The molecule has 6 nitrogen and oxygen atoms in total. The molecule has 2 heterocycles. The lowest BCUT2D eigenvalue weighted by molar-refractivity contribution is 0.199. The van der Waals surface area contributed by atoms with E-state index in [-0.39, 0.29) is 0 Å². The molecule has 0 bridgehead atoms. The van der Waals surface area contributed by atoms with Gasteiger partial charge < -0.3 is 10.3 Å². The molecule has 1 aromatic rings. The number of nitrogens with zero attached hydrogens (tertiary/aromatic N) is 4. The van der Waals surface area contributed by atoms with E-state index in [1.54, 1.807) is 0 Å². The van der Waals surface area contributed by atoms with Crippen LogP contribution in [0.3, 0.4) is 0 Å². The van der Waals surface area contributed by atoms with Crippen molar-refractivity contribution >= 4 is 11.6 Å². The Morgan fingerprint density at radius 3 is 2.60 bits per heavy atom. The van der Waals surface area contributed by atoms with Crippen molar-refractivity contribution in [1.29, 1.82) is 0 Å². The van der Waals surface area contributed by atoms with Gasteiger partial charge in [-0.3, -0.25) is 4.90 Å². The summed E-state index contributed by atoms with van der Waals surface area (Å²) < 4.78 is 0. The predicted octanol–water partition coefficient (Wildman–Crippen LogP) is 1.16. The molecular formula is C14H26N6. The molecule has 1 saturated heterocycles. The molecule has 1 aliphatic rings. The Kier molecular flexibility index (Phi) is 4.77. The van der Waals surface area contributed by atoms with Gasteiger partial charge in [-0.25, -0.2) is 15.8 Å². The van der Waals surface area contributed by atoms with Crippen LogP contribution in [0, 0.1) is 6.92 Å². The normalized spacial score (nSPS) is 20.2. The zero-order valence-electron chi connectivity index (χ0n) is 13.0. The monoisotopic (exact) mass is 278 g/mol. The lowest BCUT2D eigenvalue weighted by atomic mass is 10.1. The van der Waals surface area contributed by atoms with E-state index in [0.717, 1.165) is 55.6 Å². The average molecular weight is 278 g/mol. The quantitative estimate of drug-likeness (QED) is 0.636. The van der Waals surface area contributed by atoms with Gasteiger partial charge in [0.05, 0.1) is 0 Å². The Bertz CT molecular complexity index is 461. The third-order valence-corrected chi connectivity index (χ3v) is 4.09. The van der Waals surface area contributed by atoms with Crippen LogP contribution >= 0.6 is 0 Å². The first-order chi connectivity index (χ1) is 9.60. The number of anilines is 2. The minimum absolute atomic E-state index is 0.544. The number of hydrogen-bond donors (Lipinski definition) is 2. The molecular weight excluding hydrogens is 252 g/mol. The molecule has 0 aromatic carbocycles. The van der Waals surface area contributed by atoms with Crippen molar-refractivity contribution in [3.63, 3.8) is 0 Å². The van der Waals surface area contributed by atoms with Gasteiger partial charge in [0.2, 0.25) is 0 Å². The second-order valence-electron chi connectivity index (χ2n) is 5.36. The topological polar surface area (TPSA) is 70.3 Å². The molecule has 0 saturated carbocycles. The van der Waals surface area contributed by atoms with Crippen LogP contribution in [0.15, 0.2) is 0 Å². The van der Waals surface area contributed by atoms with Gasteiger partial charge in [0, 0.05) is 37.7 Å². The summed E-state index contributed by atoms with van der Waals surface area (Å²) in [5.74, 6) is 8.17. The minimum atomic E-state index is 0.544. The van der Waals surface area contributed by atoms with Gasteiger partial charge in [-0.05, 0) is 20.4 Å². The van der Waals surface area contributed by atoms with Gasteiger partial charge in [0.1, 0.15) is 17.5 Å². The number of rotatable bonds is 4.